The molecule has 0 amide bonds. The molecule has 1 unspecified atom stereocenters. The largest absolute Gasteiger partial charge is 0.379 e. The Balaban J connectivity index is 2.27. The zero-order valence-corrected chi connectivity index (χ0v) is 15.9. The van der Waals surface area contributed by atoms with E-state index in [0.717, 1.165) is 35.2 Å². The molecule has 126 valence electrons. The number of halogens is 1. The minimum absolute atomic E-state index is 0.388. The predicted octanol–water partition coefficient (Wildman–Crippen LogP) is 3.00. The van der Waals surface area contributed by atoms with Crippen LogP contribution in [0.5, 0.6) is 0 Å². The van der Waals surface area contributed by atoms with Gasteiger partial charge in [0.05, 0.1) is 13.1 Å². The molecule has 2 rings (SSSR count). The van der Waals surface area contributed by atoms with E-state index in [1.165, 1.54) is 4.90 Å². The van der Waals surface area contributed by atoms with Crippen molar-refractivity contribution in [1.82, 2.24) is 0 Å². The number of aliphatic hydroxyl groups is 1. The van der Waals surface area contributed by atoms with Gasteiger partial charge >= 0.3 is 0 Å². The highest BCUT2D eigenvalue weighted by molar-refractivity contribution is 9.10. The van der Waals surface area contributed by atoms with Crippen LogP contribution in [0.3, 0.4) is 0 Å². The van der Waals surface area contributed by atoms with Crippen LogP contribution in [-0.4, -0.2) is 24.7 Å². The molecule has 2 aromatic carbocycles. The third-order valence-corrected chi connectivity index (χ3v) is 4.91. The second-order valence-electron chi connectivity index (χ2n) is 5.90. The fourth-order valence-corrected chi connectivity index (χ4v) is 2.95. The average Bonchev–Trinajstić information content (AvgIpc) is 2.63. The number of quaternary nitrogens is 1. The maximum Gasteiger partial charge on any atom is 0.139 e. The third-order valence-electron chi connectivity index (χ3n) is 4.38. The monoisotopic (exact) mass is 386 g/mol. The molecule has 0 aromatic heterocycles. The molecule has 0 bridgehead atoms. The van der Waals surface area contributed by atoms with Crippen molar-refractivity contribution in [2.75, 3.05) is 19.6 Å². The SMILES string of the molecule is CC[NH+](CC)CC#CCC(O)(c1ccccc1)c1ccc(Br)cc1. The molecular formula is C21H25BrNO+. The topological polar surface area (TPSA) is 24.7 Å². The molecule has 0 saturated carbocycles. The van der Waals surface area contributed by atoms with Gasteiger partial charge in [-0.1, -0.05) is 64.3 Å². The first-order valence-corrected chi connectivity index (χ1v) is 9.22. The summed E-state index contributed by atoms with van der Waals surface area (Å²) in [6.07, 6.45) is 0.388. The van der Waals surface area contributed by atoms with Crippen LogP contribution in [0, 0.1) is 11.8 Å². The van der Waals surface area contributed by atoms with E-state index < -0.39 is 5.60 Å². The molecule has 2 aromatic rings. The van der Waals surface area contributed by atoms with Crippen molar-refractivity contribution in [3.63, 3.8) is 0 Å². The second kappa shape index (κ2) is 9.03. The minimum Gasteiger partial charge on any atom is -0.379 e. The molecule has 24 heavy (non-hydrogen) atoms. The summed E-state index contributed by atoms with van der Waals surface area (Å²) >= 11 is 3.45. The number of hydrogen-bond acceptors (Lipinski definition) is 1. The minimum atomic E-state index is -1.09. The highest BCUT2D eigenvalue weighted by Crippen LogP contribution is 2.33. The zero-order valence-electron chi connectivity index (χ0n) is 14.3. The van der Waals surface area contributed by atoms with Crippen molar-refractivity contribution >= 4 is 15.9 Å². The molecule has 0 aliphatic heterocycles. The summed E-state index contributed by atoms with van der Waals surface area (Å²) < 4.78 is 0.998. The molecule has 2 nitrogen and oxygen atoms in total. The Morgan fingerprint density at radius 1 is 0.917 bits per heavy atom. The fourth-order valence-electron chi connectivity index (χ4n) is 2.69. The lowest BCUT2D eigenvalue weighted by molar-refractivity contribution is -0.889. The molecule has 0 saturated heterocycles. The molecule has 0 fully saturated rings. The predicted molar refractivity (Wildman–Crippen MR) is 103 cm³/mol. The summed E-state index contributed by atoms with van der Waals surface area (Å²) in [5.74, 6) is 6.44. The maximum atomic E-state index is 11.4. The molecule has 2 N–H and O–H groups in total. The standard InChI is InChI=1S/C21H24BrNO/c1-3-23(4-2)17-9-8-16-21(24,18-10-6-5-7-11-18)19-12-14-20(22)15-13-19/h5-7,10-15,24H,3-4,16-17H2,1-2H3/p+1. The van der Waals surface area contributed by atoms with Gasteiger partial charge in [0, 0.05) is 10.9 Å². The van der Waals surface area contributed by atoms with E-state index in [2.05, 4.69) is 41.6 Å². The Hall–Kier alpha value is -1.60. The first kappa shape index (κ1) is 18.7. The fraction of sp³-hybridized carbons (Fsp3) is 0.333. The van der Waals surface area contributed by atoms with Crippen molar-refractivity contribution in [3.05, 3.63) is 70.2 Å². The van der Waals surface area contributed by atoms with Crippen molar-refractivity contribution in [2.24, 2.45) is 0 Å². The molecule has 0 radical (unpaired) electrons. The summed E-state index contributed by atoms with van der Waals surface area (Å²) in [5.41, 5.74) is 0.645. The van der Waals surface area contributed by atoms with Gasteiger partial charge in [-0.2, -0.15) is 0 Å². The van der Waals surface area contributed by atoms with Crippen molar-refractivity contribution in [1.29, 1.82) is 0 Å². The summed E-state index contributed by atoms with van der Waals surface area (Å²) in [6, 6.07) is 17.6. The Morgan fingerprint density at radius 3 is 2.08 bits per heavy atom. The molecule has 1 atom stereocenters. The molecular weight excluding hydrogens is 362 g/mol. The van der Waals surface area contributed by atoms with Gasteiger partial charge in [-0.05, 0) is 43.0 Å². The maximum absolute atomic E-state index is 11.4. The molecule has 0 aliphatic carbocycles. The molecule has 0 heterocycles. The Kier molecular flexibility index (Phi) is 7.05. The number of benzene rings is 2. The van der Waals surface area contributed by atoms with E-state index >= 15 is 0 Å². The van der Waals surface area contributed by atoms with Gasteiger partial charge in [0.15, 0.2) is 0 Å². The normalized spacial score (nSPS) is 13.2. The first-order valence-electron chi connectivity index (χ1n) is 8.43. The lowest BCUT2D eigenvalue weighted by Gasteiger charge is -2.27. The summed E-state index contributed by atoms with van der Waals surface area (Å²) in [4.78, 5) is 1.45. The number of nitrogens with one attached hydrogen (secondary N) is 1. The summed E-state index contributed by atoms with van der Waals surface area (Å²) in [7, 11) is 0. The quantitative estimate of drug-likeness (QED) is 0.732. The lowest BCUT2D eigenvalue weighted by Crippen LogP contribution is -3.11. The van der Waals surface area contributed by atoms with Gasteiger partial charge in [-0.3, -0.25) is 0 Å². The molecule has 0 aliphatic rings. The van der Waals surface area contributed by atoms with E-state index in [1.807, 2.05) is 54.6 Å². The highest BCUT2D eigenvalue weighted by Gasteiger charge is 2.30. The Bertz CT molecular complexity index is 683. The van der Waals surface area contributed by atoms with Gasteiger partial charge < -0.3 is 10.0 Å². The zero-order chi connectivity index (χ0) is 17.4. The van der Waals surface area contributed by atoms with Crippen molar-refractivity contribution in [3.8, 4) is 11.8 Å². The summed E-state index contributed by atoms with van der Waals surface area (Å²) in [5, 5.41) is 11.4. The van der Waals surface area contributed by atoms with Crippen molar-refractivity contribution < 1.29 is 10.0 Å². The van der Waals surface area contributed by atoms with E-state index in [1.54, 1.807) is 0 Å². The van der Waals surface area contributed by atoms with Crippen LogP contribution < -0.4 is 4.90 Å². The van der Waals surface area contributed by atoms with Gasteiger partial charge in [0.1, 0.15) is 12.1 Å². The summed E-state index contributed by atoms with van der Waals surface area (Å²) in [6.45, 7) is 7.30. The number of rotatable bonds is 6. The van der Waals surface area contributed by atoms with Crippen LogP contribution in [0.15, 0.2) is 59.1 Å². The highest BCUT2D eigenvalue weighted by atomic mass is 79.9. The Labute approximate surface area is 153 Å². The van der Waals surface area contributed by atoms with Crippen LogP contribution in [0.25, 0.3) is 0 Å². The average molecular weight is 387 g/mol. The number of hydrogen-bond donors (Lipinski definition) is 2. The smallest absolute Gasteiger partial charge is 0.139 e. The van der Waals surface area contributed by atoms with E-state index in [0.29, 0.717) is 6.42 Å². The molecule has 3 heteroatoms. The van der Waals surface area contributed by atoms with E-state index in [-0.39, 0.29) is 0 Å². The van der Waals surface area contributed by atoms with E-state index in [4.69, 9.17) is 0 Å². The first-order chi connectivity index (χ1) is 11.6. The van der Waals surface area contributed by atoms with Crippen LogP contribution in [-0.2, 0) is 5.60 Å². The Morgan fingerprint density at radius 2 is 1.50 bits per heavy atom. The van der Waals surface area contributed by atoms with Crippen LogP contribution in [0.2, 0.25) is 0 Å². The van der Waals surface area contributed by atoms with E-state index in [9.17, 15) is 5.11 Å². The lowest BCUT2D eigenvalue weighted by atomic mass is 9.84. The van der Waals surface area contributed by atoms with Gasteiger partial charge in [-0.25, -0.2) is 0 Å². The van der Waals surface area contributed by atoms with Gasteiger partial charge in [-0.15, -0.1) is 0 Å². The van der Waals surface area contributed by atoms with Gasteiger partial charge in [0.25, 0.3) is 0 Å². The van der Waals surface area contributed by atoms with Crippen LogP contribution in [0.1, 0.15) is 31.4 Å². The third kappa shape index (κ3) is 4.70. The molecule has 0 spiro atoms. The van der Waals surface area contributed by atoms with Gasteiger partial charge in [0.2, 0.25) is 0 Å². The van der Waals surface area contributed by atoms with Crippen molar-refractivity contribution in [2.45, 2.75) is 25.9 Å². The second-order valence-corrected chi connectivity index (χ2v) is 6.81. The van der Waals surface area contributed by atoms with Crippen LogP contribution >= 0.6 is 15.9 Å². The van der Waals surface area contributed by atoms with Crippen LogP contribution in [0.4, 0.5) is 0 Å².